The average Bonchev–Trinajstić information content (AvgIpc) is 2.67. The minimum atomic E-state index is -3.95. The fraction of sp³-hybridized carbons (Fsp3) is 0.238. The van der Waals surface area contributed by atoms with E-state index < -0.39 is 26.6 Å². The number of aryl methyl sites for hydroxylation is 1. The highest BCUT2D eigenvalue weighted by molar-refractivity contribution is 7.93. The van der Waals surface area contributed by atoms with E-state index in [1.807, 2.05) is 43.3 Å². The maximum Gasteiger partial charge on any atom is 0.246 e. The second-order valence-electron chi connectivity index (χ2n) is 7.11. The van der Waals surface area contributed by atoms with Gasteiger partial charge in [0, 0.05) is 17.2 Å². The molecule has 0 radical (unpaired) electrons. The molecule has 28 heavy (non-hydrogen) atoms. The van der Waals surface area contributed by atoms with Gasteiger partial charge in [-0.3, -0.25) is 14.5 Å². The molecular formula is C21H23N3O3S. The Morgan fingerprint density at radius 1 is 1.21 bits per heavy atom. The molecule has 6 nitrogen and oxygen atoms in total. The number of hydrogen-bond donors (Lipinski definition) is 2. The van der Waals surface area contributed by atoms with E-state index in [0.717, 1.165) is 5.56 Å². The Bertz CT molecular complexity index is 1000. The van der Waals surface area contributed by atoms with Gasteiger partial charge < -0.3 is 5.73 Å². The number of sulfonamides is 1. The lowest BCUT2D eigenvalue weighted by Gasteiger charge is -2.37. The molecule has 0 bridgehead atoms. The summed E-state index contributed by atoms with van der Waals surface area (Å²) in [5, 5.41) is -1.11. The third-order valence-electron chi connectivity index (χ3n) is 4.95. The van der Waals surface area contributed by atoms with Crippen LogP contribution in [0.25, 0.3) is 0 Å². The normalized spacial score (nSPS) is 21.8. The van der Waals surface area contributed by atoms with Gasteiger partial charge in [0.15, 0.2) is 0 Å². The van der Waals surface area contributed by atoms with Crippen molar-refractivity contribution in [3.8, 4) is 0 Å². The molecule has 0 aliphatic heterocycles. The molecule has 1 aliphatic rings. The lowest BCUT2D eigenvalue weighted by atomic mass is 9.75. The summed E-state index contributed by atoms with van der Waals surface area (Å²) in [5.41, 5.74) is 6.25. The van der Waals surface area contributed by atoms with E-state index in [-0.39, 0.29) is 5.57 Å². The van der Waals surface area contributed by atoms with Crippen LogP contribution in [0.1, 0.15) is 18.9 Å². The quantitative estimate of drug-likeness (QED) is 0.750. The molecular weight excluding hydrogens is 374 g/mol. The van der Waals surface area contributed by atoms with Gasteiger partial charge in [-0.25, -0.2) is 8.42 Å². The first-order valence-corrected chi connectivity index (χ1v) is 10.5. The van der Waals surface area contributed by atoms with Crippen LogP contribution >= 0.6 is 0 Å². The number of benzene rings is 1. The zero-order valence-electron chi connectivity index (χ0n) is 15.6. The van der Waals surface area contributed by atoms with E-state index in [1.54, 1.807) is 24.4 Å². The number of rotatable bonds is 7. The van der Waals surface area contributed by atoms with Crippen molar-refractivity contribution in [2.24, 2.45) is 11.1 Å². The van der Waals surface area contributed by atoms with Crippen molar-refractivity contribution in [3.63, 3.8) is 0 Å². The highest BCUT2D eigenvalue weighted by atomic mass is 32.2. The van der Waals surface area contributed by atoms with Crippen molar-refractivity contribution in [1.82, 2.24) is 4.98 Å². The lowest BCUT2D eigenvalue weighted by molar-refractivity contribution is -0.114. The first-order valence-electron chi connectivity index (χ1n) is 8.97. The minimum absolute atomic E-state index is 0.0782. The predicted octanol–water partition coefficient (Wildman–Crippen LogP) is 2.81. The number of aromatic nitrogens is 1. The highest BCUT2D eigenvalue weighted by Gasteiger charge is 2.46. The Morgan fingerprint density at radius 2 is 1.96 bits per heavy atom. The summed E-state index contributed by atoms with van der Waals surface area (Å²) < 4.78 is 29.1. The predicted molar refractivity (Wildman–Crippen MR) is 110 cm³/mol. The van der Waals surface area contributed by atoms with E-state index >= 15 is 0 Å². The van der Waals surface area contributed by atoms with Crippen LogP contribution in [-0.4, -0.2) is 24.6 Å². The number of pyridine rings is 1. The molecule has 2 unspecified atom stereocenters. The van der Waals surface area contributed by atoms with Gasteiger partial charge in [0.25, 0.3) is 0 Å². The Morgan fingerprint density at radius 3 is 2.61 bits per heavy atom. The number of carbonyl (C=O) groups is 1. The number of amides is 1. The highest BCUT2D eigenvalue weighted by Crippen LogP contribution is 2.41. The number of hydrogen-bond acceptors (Lipinski definition) is 4. The summed E-state index contributed by atoms with van der Waals surface area (Å²) in [6, 6.07) is 13.1. The molecule has 1 heterocycles. The molecule has 0 saturated heterocycles. The molecule has 2 aromatic rings. The SMILES string of the molecule is CC1(CCc2ccccc2)C=CC=C(C(N)=O)C1S(=O)(=O)Nc1cccnc1. The number of allylic oxidation sites excluding steroid dienone is 3. The van der Waals surface area contributed by atoms with Gasteiger partial charge in [-0.05, 0) is 30.5 Å². The fourth-order valence-electron chi connectivity index (χ4n) is 3.55. The summed E-state index contributed by atoms with van der Waals surface area (Å²) in [7, 11) is -3.95. The molecule has 0 fully saturated rings. The molecule has 1 aromatic heterocycles. The Labute approximate surface area is 165 Å². The molecule has 2 atom stereocenters. The summed E-state index contributed by atoms with van der Waals surface area (Å²) in [5.74, 6) is -0.739. The molecule has 1 aromatic carbocycles. The third kappa shape index (κ3) is 4.31. The van der Waals surface area contributed by atoms with Crippen LogP contribution in [0.5, 0.6) is 0 Å². The molecule has 7 heteroatoms. The zero-order chi connectivity index (χ0) is 20.2. The van der Waals surface area contributed by atoms with Crippen molar-refractivity contribution in [1.29, 1.82) is 0 Å². The van der Waals surface area contributed by atoms with Crippen LogP contribution in [-0.2, 0) is 21.2 Å². The van der Waals surface area contributed by atoms with Crippen LogP contribution in [0.4, 0.5) is 5.69 Å². The van der Waals surface area contributed by atoms with Gasteiger partial charge in [0.1, 0.15) is 5.25 Å². The smallest absolute Gasteiger partial charge is 0.246 e. The Balaban J connectivity index is 1.94. The number of nitrogens with two attached hydrogens (primary N) is 1. The largest absolute Gasteiger partial charge is 0.366 e. The fourth-order valence-corrected chi connectivity index (χ4v) is 5.56. The number of nitrogens with one attached hydrogen (secondary N) is 1. The van der Waals surface area contributed by atoms with Crippen molar-refractivity contribution in [3.05, 3.63) is 84.2 Å². The molecule has 3 rings (SSSR count). The monoisotopic (exact) mass is 397 g/mol. The third-order valence-corrected chi connectivity index (χ3v) is 6.88. The van der Waals surface area contributed by atoms with Crippen molar-refractivity contribution >= 4 is 21.6 Å². The standard InChI is InChI=1S/C21H23N3O3S/c1-21(13-11-16-7-3-2-4-8-16)12-5-10-18(20(22)25)19(21)28(26,27)24-17-9-6-14-23-15-17/h2-10,12,14-15,19,24H,11,13H2,1H3,(H2,22,25). The molecule has 146 valence electrons. The second kappa shape index (κ2) is 7.98. The first-order chi connectivity index (χ1) is 13.3. The maximum absolute atomic E-state index is 13.3. The van der Waals surface area contributed by atoms with Crippen LogP contribution in [0.3, 0.4) is 0 Å². The molecule has 0 saturated carbocycles. The van der Waals surface area contributed by atoms with Crippen LogP contribution in [0.15, 0.2) is 78.7 Å². The van der Waals surface area contributed by atoms with Crippen LogP contribution in [0.2, 0.25) is 0 Å². The van der Waals surface area contributed by atoms with Gasteiger partial charge in [0.05, 0.1) is 11.9 Å². The summed E-state index contributed by atoms with van der Waals surface area (Å²) in [4.78, 5) is 16.0. The van der Waals surface area contributed by atoms with Gasteiger partial charge in [-0.15, -0.1) is 0 Å². The molecule has 3 N–H and O–H groups in total. The van der Waals surface area contributed by atoms with Crippen LogP contribution < -0.4 is 10.5 Å². The number of nitrogens with zero attached hydrogens (tertiary/aromatic N) is 1. The van der Waals surface area contributed by atoms with E-state index in [2.05, 4.69) is 9.71 Å². The summed E-state index contributed by atoms with van der Waals surface area (Å²) in [6.07, 6.45) is 9.23. The topological polar surface area (TPSA) is 102 Å². The molecule has 1 amide bonds. The second-order valence-corrected chi connectivity index (χ2v) is 8.87. The zero-order valence-corrected chi connectivity index (χ0v) is 16.4. The van der Waals surface area contributed by atoms with E-state index in [0.29, 0.717) is 18.5 Å². The molecule has 1 aliphatic carbocycles. The van der Waals surface area contributed by atoms with E-state index in [9.17, 15) is 13.2 Å². The van der Waals surface area contributed by atoms with Crippen molar-refractivity contribution in [2.45, 2.75) is 25.0 Å². The summed E-state index contributed by atoms with van der Waals surface area (Å²) in [6.45, 7) is 1.84. The minimum Gasteiger partial charge on any atom is -0.366 e. The van der Waals surface area contributed by atoms with Gasteiger partial charge in [-0.1, -0.05) is 55.5 Å². The van der Waals surface area contributed by atoms with E-state index in [1.165, 1.54) is 12.3 Å². The number of anilines is 1. The summed E-state index contributed by atoms with van der Waals surface area (Å²) >= 11 is 0. The lowest BCUT2D eigenvalue weighted by Crippen LogP contribution is -2.46. The van der Waals surface area contributed by atoms with Gasteiger partial charge >= 0.3 is 0 Å². The first kappa shape index (κ1) is 19.8. The van der Waals surface area contributed by atoms with Gasteiger partial charge in [-0.2, -0.15) is 0 Å². The van der Waals surface area contributed by atoms with Crippen LogP contribution in [0, 0.1) is 5.41 Å². The number of primary amides is 1. The Kier molecular flexibility index (Phi) is 5.65. The number of carbonyl (C=O) groups excluding carboxylic acids is 1. The molecule has 0 spiro atoms. The van der Waals surface area contributed by atoms with Gasteiger partial charge in [0.2, 0.25) is 15.9 Å². The average molecular weight is 398 g/mol. The van der Waals surface area contributed by atoms with Crippen molar-refractivity contribution in [2.75, 3.05) is 4.72 Å². The maximum atomic E-state index is 13.3. The Hall–Kier alpha value is -2.93. The van der Waals surface area contributed by atoms with E-state index in [4.69, 9.17) is 5.73 Å². The van der Waals surface area contributed by atoms with Crippen molar-refractivity contribution < 1.29 is 13.2 Å².